The summed E-state index contributed by atoms with van der Waals surface area (Å²) in [5.41, 5.74) is 17.2. The van der Waals surface area contributed by atoms with E-state index in [1.165, 1.54) is 17.2 Å². The maximum atomic E-state index is 12.1. The minimum absolute atomic E-state index is 0.117. The molecular weight excluding hydrogens is 449 g/mol. The van der Waals surface area contributed by atoms with Gasteiger partial charge in [-0.15, -0.1) is 0 Å². The minimum Gasteiger partial charge on any atom is -0.387 e. The van der Waals surface area contributed by atoms with Crippen molar-refractivity contribution in [3.8, 4) is 0 Å². The third-order valence-electron chi connectivity index (χ3n) is 4.88. The molecule has 0 aliphatic carbocycles. The van der Waals surface area contributed by atoms with Gasteiger partial charge >= 0.3 is 13.8 Å². The van der Waals surface area contributed by atoms with Crippen LogP contribution in [0, 0.1) is 0 Å². The first-order valence-electron chi connectivity index (χ1n) is 9.75. The monoisotopic (exact) mass is 475 g/mol. The number of rotatable bonds is 10. The van der Waals surface area contributed by atoms with E-state index in [2.05, 4.69) is 19.5 Å². The van der Waals surface area contributed by atoms with Gasteiger partial charge in [-0.05, 0) is 19.4 Å². The minimum atomic E-state index is -4.85. The molecule has 1 fully saturated rings. The van der Waals surface area contributed by atoms with Gasteiger partial charge in [0, 0.05) is 0 Å². The van der Waals surface area contributed by atoms with Crippen LogP contribution in [0.15, 0.2) is 12.7 Å². The summed E-state index contributed by atoms with van der Waals surface area (Å²) in [7, 11) is -4.85. The summed E-state index contributed by atoms with van der Waals surface area (Å²) in [5, 5.41) is 20.7. The molecule has 0 aromatic carbocycles. The molecule has 16 heteroatoms. The van der Waals surface area contributed by atoms with Crippen LogP contribution in [0.2, 0.25) is 0 Å². The molecule has 3 rings (SSSR count). The second-order valence-electron chi connectivity index (χ2n) is 7.19. The molecule has 0 spiro atoms. The molecule has 2 aromatic rings. The van der Waals surface area contributed by atoms with Gasteiger partial charge < -0.3 is 36.7 Å². The number of nitrogens with zero attached hydrogens (tertiary/aromatic N) is 4. The third kappa shape index (κ3) is 5.39. The Morgan fingerprint density at radius 3 is 2.75 bits per heavy atom. The Balaban J connectivity index is 1.60. The van der Waals surface area contributed by atoms with Gasteiger partial charge in [-0.2, -0.15) is 0 Å². The average Bonchev–Trinajstić information content (AvgIpc) is 3.29. The molecule has 0 radical (unpaired) electrons. The number of anilines is 1. The highest BCUT2D eigenvalue weighted by Crippen LogP contribution is 2.45. The number of imidazole rings is 1. The van der Waals surface area contributed by atoms with E-state index < -0.39 is 51.0 Å². The van der Waals surface area contributed by atoms with Gasteiger partial charge in [0.25, 0.3) is 0 Å². The van der Waals surface area contributed by atoms with E-state index in [9.17, 15) is 24.5 Å². The Kier molecular flexibility index (Phi) is 7.74. The van der Waals surface area contributed by atoms with E-state index in [4.69, 9.17) is 26.5 Å². The lowest BCUT2D eigenvalue weighted by molar-refractivity contribution is -0.138. The summed E-state index contributed by atoms with van der Waals surface area (Å²) in [4.78, 5) is 33.6. The van der Waals surface area contributed by atoms with Crippen LogP contribution in [-0.4, -0.2) is 78.1 Å². The molecule has 2 aromatic heterocycles. The van der Waals surface area contributed by atoms with Crippen molar-refractivity contribution >= 4 is 30.8 Å². The highest BCUT2D eigenvalue weighted by molar-refractivity contribution is 7.48. The number of hydrogen-bond acceptors (Lipinski definition) is 13. The Hall–Kier alpha value is -2.23. The maximum absolute atomic E-state index is 12.1. The fourth-order valence-corrected chi connectivity index (χ4v) is 3.91. The number of unbranched alkanes of at least 4 members (excludes halogenated alkanes) is 1. The van der Waals surface area contributed by atoms with Crippen molar-refractivity contribution in [1.82, 2.24) is 19.5 Å². The van der Waals surface area contributed by atoms with Gasteiger partial charge in [-0.25, -0.2) is 24.3 Å². The van der Waals surface area contributed by atoms with Crippen molar-refractivity contribution in [2.45, 2.75) is 49.8 Å². The number of hydrogen-bond donors (Lipinski definition) is 6. The molecule has 0 amide bonds. The number of phosphoric ester groups is 1. The molecule has 1 aliphatic heterocycles. The first-order valence-corrected chi connectivity index (χ1v) is 11.2. The van der Waals surface area contributed by atoms with Crippen LogP contribution < -0.4 is 17.2 Å². The first-order chi connectivity index (χ1) is 15.1. The van der Waals surface area contributed by atoms with Crippen molar-refractivity contribution in [2.75, 3.05) is 18.9 Å². The molecule has 0 bridgehead atoms. The summed E-state index contributed by atoms with van der Waals surface area (Å²) in [5.74, 6) is -0.994. The van der Waals surface area contributed by atoms with E-state index in [0.29, 0.717) is 19.4 Å². The van der Waals surface area contributed by atoms with Crippen LogP contribution >= 0.6 is 7.82 Å². The van der Waals surface area contributed by atoms with E-state index in [1.54, 1.807) is 0 Å². The number of ether oxygens (including phenoxy) is 1. The second-order valence-corrected chi connectivity index (χ2v) is 8.57. The van der Waals surface area contributed by atoms with Gasteiger partial charge in [0.2, 0.25) is 0 Å². The van der Waals surface area contributed by atoms with Crippen molar-refractivity contribution in [3.63, 3.8) is 0 Å². The van der Waals surface area contributed by atoms with E-state index in [0.717, 1.165) is 0 Å². The first kappa shape index (κ1) is 24.4. The summed E-state index contributed by atoms with van der Waals surface area (Å²) >= 11 is 0. The van der Waals surface area contributed by atoms with E-state index in [1.807, 2.05) is 0 Å². The Bertz CT molecular complexity index is 990. The van der Waals surface area contributed by atoms with Crippen LogP contribution in [0.5, 0.6) is 0 Å². The predicted octanol–water partition coefficient (Wildman–Crippen LogP) is -1.86. The number of nitrogen functional groups attached to an aromatic ring is 1. The third-order valence-corrected chi connectivity index (χ3v) is 5.76. The topological polar surface area (TPSA) is 244 Å². The lowest BCUT2D eigenvalue weighted by atomic mass is 10.1. The second kappa shape index (κ2) is 10.1. The summed E-state index contributed by atoms with van der Waals surface area (Å²) in [6.07, 6.45) is -1.42. The lowest BCUT2D eigenvalue weighted by Crippen LogP contribution is -2.34. The van der Waals surface area contributed by atoms with Crippen molar-refractivity contribution in [3.05, 3.63) is 12.7 Å². The Morgan fingerprint density at radius 1 is 1.28 bits per heavy atom. The zero-order valence-electron chi connectivity index (χ0n) is 16.9. The normalized spacial score (nSPS) is 26.2. The number of phosphoric acid groups is 1. The average molecular weight is 475 g/mol. The van der Waals surface area contributed by atoms with Crippen LogP contribution in [-0.2, 0) is 23.1 Å². The number of carbonyl (C=O) groups excluding carboxylic acids is 1. The highest BCUT2D eigenvalue weighted by Gasteiger charge is 2.45. The quantitative estimate of drug-likeness (QED) is 0.163. The van der Waals surface area contributed by atoms with Crippen molar-refractivity contribution in [2.24, 2.45) is 11.5 Å². The van der Waals surface area contributed by atoms with E-state index in [-0.39, 0.29) is 23.4 Å². The molecule has 1 aliphatic rings. The van der Waals surface area contributed by atoms with Gasteiger partial charge in [-0.3, -0.25) is 14.0 Å². The van der Waals surface area contributed by atoms with Gasteiger partial charge in [-0.1, -0.05) is 6.42 Å². The lowest BCUT2D eigenvalue weighted by Gasteiger charge is -2.18. The Labute approximate surface area is 182 Å². The Morgan fingerprint density at radius 2 is 2.03 bits per heavy atom. The fourth-order valence-electron chi connectivity index (χ4n) is 3.15. The van der Waals surface area contributed by atoms with E-state index >= 15 is 0 Å². The SMILES string of the molecule is NCCCC[C@H](N)C(=O)OP(=O)(O)OC[C@H]1O[C@@H](n2cnc3c(N)ncnc32)[C@H](O)[C@@H]1O. The van der Waals surface area contributed by atoms with Crippen LogP contribution in [0.25, 0.3) is 11.2 Å². The number of aromatic nitrogens is 4. The molecule has 6 atom stereocenters. The van der Waals surface area contributed by atoms with Gasteiger partial charge in [0.15, 0.2) is 17.7 Å². The number of carbonyl (C=O) groups is 1. The smallest absolute Gasteiger partial charge is 0.387 e. The summed E-state index contributed by atoms with van der Waals surface area (Å²) in [6.45, 7) is -0.239. The molecule has 178 valence electrons. The highest BCUT2D eigenvalue weighted by atomic mass is 31.2. The standard InChI is InChI=1S/C16H26N7O8P/c17-4-2-1-3-8(18)16(26)31-32(27,28)29-5-9-11(24)12(25)15(30-9)23-7-22-10-13(19)20-6-21-14(10)23/h6-9,11-12,15,24-25H,1-5,17-18H2,(H,27,28)(H2,19,20,21)/t8-,9+,11+,12+,15+/m0/s1. The van der Waals surface area contributed by atoms with Crippen molar-refractivity contribution in [1.29, 1.82) is 0 Å². The van der Waals surface area contributed by atoms with Crippen LogP contribution in [0.3, 0.4) is 0 Å². The maximum Gasteiger partial charge on any atom is 0.529 e. The number of nitrogens with two attached hydrogens (primary N) is 3. The zero-order chi connectivity index (χ0) is 23.5. The molecule has 1 saturated heterocycles. The molecule has 3 heterocycles. The largest absolute Gasteiger partial charge is 0.529 e. The molecule has 0 saturated carbocycles. The van der Waals surface area contributed by atoms with Gasteiger partial charge in [0.05, 0.1) is 12.9 Å². The van der Waals surface area contributed by atoms with Crippen LogP contribution in [0.1, 0.15) is 25.5 Å². The van der Waals surface area contributed by atoms with Gasteiger partial charge in [0.1, 0.15) is 36.2 Å². The number of aliphatic hydroxyl groups excluding tert-OH is 2. The zero-order valence-corrected chi connectivity index (χ0v) is 17.8. The number of fused-ring (bicyclic) bond motifs is 1. The van der Waals surface area contributed by atoms with Crippen LogP contribution in [0.4, 0.5) is 5.82 Å². The molecule has 32 heavy (non-hydrogen) atoms. The predicted molar refractivity (Wildman–Crippen MR) is 108 cm³/mol. The fraction of sp³-hybridized carbons (Fsp3) is 0.625. The molecule has 9 N–H and O–H groups in total. The number of aliphatic hydroxyl groups is 2. The molecular formula is C16H26N7O8P. The van der Waals surface area contributed by atoms with Crippen molar-refractivity contribution < 1.29 is 38.3 Å². The molecule has 1 unspecified atom stereocenters. The summed E-state index contributed by atoms with van der Waals surface area (Å²) < 4.78 is 28.3. The summed E-state index contributed by atoms with van der Waals surface area (Å²) in [6, 6.07) is -1.12. The molecule has 15 nitrogen and oxygen atoms in total.